The Balaban J connectivity index is 2.57. The maximum Gasteiger partial charge on any atom is 0.410 e. The van der Waals surface area contributed by atoms with Crippen molar-refractivity contribution >= 4 is 6.09 Å². The molecule has 1 aliphatic heterocycles. The van der Waals surface area contributed by atoms with Gasteiger partial charge in [-0.3, -0.25) is 0 Å². The molecule has 14 heavy (non-hydrogen) atoms. The maximum atomic E-state index is 11.5. The number of hydrogen-bond acceptors (Lipinski definition) is 2. The largest absolute Gasteiger partial charge is 0.450 e. The quantitative estimate of drug-likeness (QED) is 0.635. The molecule has 0 saturated carbocycles. The minimum atomic E-state index is -0.209. The van der Waals surface area contributed by atoms with Crippen LogP contribution in [-0.2, 0) is 4.74 Å². The van der Waals surface area contributed by atoms with Gasteiger partial charge in [-0.15, -0.1) is 0 Å². The lowest BCUT2D eigenvalue weighted by atomic mass is 10.00. The van der Waals surface area contributed by atoms with E-state index >= 15 is 0 Å². The second-order valence-corrected chi connectivity index (χ2v) is 3.52. The normalized spacial score (nSPS) is 21.8. The van der Waals surface area contributed by atoms with Gasteiger partial charge in [0.2, 0.25) is 0 Å². The van der Waals surface area contributed by atoms with Crippen LogP contribution in [-0.4, -0.2) is 30.2 Å². The SMILES string of the molecule is [CH2]CC1=CCN(C(=O)OCC)C(C)C1. The first-order valence-corrected chi connectivity index (χ1v) is 5.09. The van der Waals surface area contributed by atoms with Gasteiger partial charge in [-0.2, -0.15) is 0 Å². The summed E-state index contributed by atoms with van der Waals surface area (Å²) in [5.74, 6) is 0. The van der Waals surface area contributed by atoms with Crippen molar-refractivity contribution in [1.82, 2.24) is 4.90 Å². The summed E-state index contributed by atoms with van der Waals surface area (Å²) in [6, 6.07) is 0.232. The van der Waals surface area contributed by atoms with Gasteiger partial charge in [0, 0.05) is 12.6 Å². The van der Waals surface area contributed by atoms with Gasteiger partial charge in [0.05, 0.1) is 6.61 Å². The van der Waals surface area contributed by atoms with E-state index in [9.17, 15) is 4.79 Å². The molecular weight excluding hydrogens is 178 g/mol. The van der Waals surface area contributed by atoms with E-state index in [0.717, 1.165) is 12.8 Å². The minimum Gasteiger partial charge on any atom is -0.450 e. The van der Waals surface area contributed by atoms with E-state index in [2.05, 4.69) is 13.0 Å². The monoisotopic (exact) mass is 196 g/mol. The fourth-order valence-corrected chi connectivity index (χ4v) is 1.65. The summed E-state index contributed by atoms with van der Waals surface area (Å²) in [4.78, 5) is 13.2. The molecule has 0 fully saturated rings. The Morgan fingerprint density at radius 2 is 2.50 bits per heavy atom. The number of amides is 1. The molecule has 1 atom stereocenters. The third kappa shape index (κ3) is 2.50. The van der Waals surface area contributed by atoms with Gasteiger partial charge >= 0.3 is 6.09 Å². The fourth-order valence-electron chi connectivity index (χ4n) is 1.65. The average Bonchev–Trinajstić information content (AvgIpc) is 2.17. The number of rotatable bonds is 2. The summed E-state index contributed by atoms with van der Waals surface area (Å²) in [5.41, 5.74) is 1.33. The Hall–Kier alpha value is -0.990. The number of carbonyl (C=O) groups is 1. The van der Waals surface area contributed by atoms with Crippen molar-refractivity contribution in [2.45, 2.75) is 32.7 Å². The highest BCUT2D eigenvalue weighted by Gasteiger charge is 2.23. The van der Waals surface area contributed by atoms with Gasteiger partial charge in [-0.25, -0.2) is 4.79 Å². The number of nitrogens with zero attached hydrogens (tertiary/aromatic N) is 1. The Morgan fingerprint density at radius 1 is 1.79 bits per heavy atom. The van der Waals surface area contributed by atoms with E-state index in [1.165, 1.54) is 5.57 Å². The fraction of sp³-hybridized carbons (Fsp3) is 0.636. The van der Waals surface area contributed by atoms with Gasteiger partial charge in [0.15, 0.2) is 0 Å². The van der Waals surface area contributed by atoms with Crippen molar-refractivity contribution in [3.8, 4) is 0 Å². The zero-order valence-electron chi connectivity index (χ0n) is 8.95. The van der Waals surface area contributed by atoms with Crippen molar-refractivity contribution in [2.75, 3.05) is 13.2 Å². The Morgan fingerprint density at radius 3 is 3.00 bits per heavy atom. The van der Waals surface area contributed by atoms with Crippen LogP contribution in [0.1, 0.15) is 26.7 Å². The highest BCUT2D eigenvalue weighted by Crippen LogP contribution is 2.20. The molecule has 1 radical (unpaired) electrons. The van der Waals surface area contributed by atoms with Crippen LogP contribution in [0.2, 0.25) is 0 Å². The van der Waals surface area contributed by atoms with Gasteiger partial charge in [0.25, 0.3) is 0 Å². The molecule has 0 aromatic carbocycles. The van der Waals surface area contributed by atoms with Crippen molar-refractivity contribution in [3.05, 3.63) is 18.6 Å². The predicted molar refractivity (Wildman–Crippen MR) is 55.9 cm³/mol. The van der Waals surface area contributed by atoms with Crippen LogP contribution >= 0.6 is 0 Å². The molecule has 0 spiro atoms. The Bertz CT molecular complexity index is 235. The molecule has 1 heterocycles. The molecule has 3 heteroatoms. The Labute approximate surface area is 85.7 Å². The molecule has 79 valence electrons. The van der Waals surface area contributed by atoms with E-state index in [1.807, 2.05) is 13.8 Å². The number of ether oxygens (including phenoxy) is 1. The summed E-state index contributed by atoms with van der Waals surface area (Å²) in [6.07, 6.45) is 3.62. The average molecular weight is 196 g/mol. The first-order chi connectivity index (χ1) is 6.69. The van der Waals surface area contributed by atoms with E-state index in [0.29, 0.717) is 13.2 Å². The molecule has 0 N–H and O–H groups in total. The molecule has 0 bridgehead atoms. The number of carbonyl (C=O) groups excluding carboxylic acids is 1. The third-order valence-electron chi connectivity index (χ3n) is 2.49. The van der Waals surface area contributed by atoms with Crippen molar-refractivity contribution < 1.29 is 9.53 Å². The maximum absolute atomic E-state index is 11.5. The second kappa shape index (κ2) is 5.03. The van der Waals surface area contributed by atoms with Crippen LogP contribution < -0.4 is 0 Å². The van der Waals surface area contributed by atoms with Crippen LogP contribution in [0.4, 0.5) is 4.79 Å². The summed E-state index contributed by atoms with van der Waals surface area (Å²) < 4.78 is 4.96. The summed E-state index contributed by atoms with van der Waals surface area (Å²) in [5, 5.41) is 0. The lowest BCUT2D eigenvalue weighted by Crippen LogP contribution is -2.41. The van der Waals surface area contributed by atoms with Crippen LogP contribution in [0.3, 0.4) is 0 Å². The van der Waals surface area contributed by atoms with Crippen LogP contribution in [0.15, 0.2) is 11.6 Å². The molecule has 0 aromatic heterocycles. The summed E-state index contributed by atoms with van der Waals surface area (Å²) in [7, 11) is 0. The van der Waals surface area contributed by atoms with Crippen LogP contribution in [0, 0.1) is 6.92 Å². The highest BCUT2D eigenvalue weighted by molar-refractivity contribution is 5.68. The molecule has 1 unspecified atom stereocenters. The molecule has 3 nitrogen and oxygen atoms in total. The van der Waals surface area contributed by atoms with Crippen molar-refractivity contribution in [2.24, 2.45) is 0 Å². The van der Waals surface area contributed by atoms with Gasteiger partial charge in [-0.05, 0) is 33.6 Å². The van der Waals surface area contributed by atoms with Crippen molar-refractivity contribution in [1.29, 1.82) is 0 Å². The molecule has 1 rings (SSSR count). The minimum absolute atomic E-state index is 0.209. The molecule has 1 amide bonds. The van der Waals surface area contributed by atoms with E-state index in [-0.39, 0.29) is 12.1 Å². The van der Waals surface area contributed by atoms with E-state index in [4.69, 9.17) is 4.74 Å². The Kier molecular flexibility index (Phi) is 3.98. The lowest BCUT2D eigenvalue weighted by molar-refractivity contribution is 0.0956. The van der Waals surface area contributed by atoms with Crippen LogP contribution in [0.25, 0.3) is 0 Å². The predicted octanol–water partition coefficient (Wildman–Crippen LogP) is 2.39. The van der Waals surface area contributed by atoms with Gasteiger partial charge in [0.1, 0.15) is 0 Å². The molecule has 0 aromatic rings. The topological polar surface area (TPSA) is 29.5 Å². The smallest absolute Gasteiger partial charge is 0.410 e. The third-order valence-corrected chi connectivity index (χ3v) is 2.49. The molecular formula is C11H18NO2. The summed E-state index contributed by atoms with van der Waals surface area (Å²) >= 11 is 0. The molecule has 0 saturated heterocycles. The number of hydrogen-bond donors (Lipinski definition) is 0. The van der Waals surface area contributed by atoms with E-state index in [1.54, 1.807) is 4.90 Å². The molecule has 0 aliphatic carbocycles. The van der Waals surface area contributed by atoms with Crippen molar-refractivity contribution in [3.63, 3.8) is 0 Å². The summed E-state index contributed by atoms with van der Waals surface area (Å²) in [6.45, 7) is 8.81. The van der Waals surface area contributed by atoms with Gasteiger partial charge < -0.3 is 9.64 Å². The standard InChI is InChI=1S/C11H18NO2/c1-4-10-6-7-12(9(3)8-10)11(13)14-5-2/h6,9H,1,4-5,7-8H2,2-3H3. The first kappa shape index (κ1) is 11.1. The lowest BCUT2D eigenvalue weighted by Gasteiger charge is -2.31. The highest BCUT2D eigenvalue weighted by atomic mass is 16.6. The first-order valence-electron chi connectivity index (χ1n) is 5.09. The molecule has 1 aliphatic rings. The van der Waals surface area contributed by atoms with Gasteiger partial charge in [-0.1, -0.05) is 11.6 Å². The van der Waals surface area contributed by atoms with Crippen LogP contribution in [0.5, 0.6) is 0 Å². The second-order valence-electron chi connectivity index (χ2n) is 3.52. The zero-order chi connectivity index (χ0) is 10.6. The van der Waals surface area contributed by atoms with E-state index < -0.39 is 0 Å². The zero-order valence-corrected chi connectivity index (χ0v) is 8.95.